The van der Waals surface area contributed by atoms with Gasteiger partial charge in [0.1, 0.15) is 5.82 Å². The quantitative estimate of drug-likeness (QED) is 0.310. The van der Waals surface area contributed by atoms with E-state index in [9.17, 15) is 19.2 Å². The number of methoxy groups -OCH3 is 1. The third-order valence-electron chi connectivity index (χ3n) is 9.43. The number of benzene rings is 2. The molecule has 4 aromatic rings. The number of amides is 2. The Balaban J connectivity index is 1.21. The van der Waals surface area contributed by atoms with E-state index >= 15 is 4.39 Å². The number of aryl methyl sites for hydroxylation is 2. The molecule has 2 amide bonds. The van der Waals surface area contributed by atoms with E-state index in [4.69, 9.17) is 32.9 Å². The molecule has 15 heteroatoms. The van der Waals surface area contributed by atoms with Crippen molar-refractivity contribution in [3.8, 4) is 28.3 Å². The highest BCUT2D eigenvalue weighted by molar-refractivity contribution is 6.39. The lowest BCUT2D eigenvalue weighted by Gasteiger charge is -2.50. The lowest BCUT2D eigenvalue weighted by atomic mass is 9.86. The zero-order valence-electron chi connectivity index (χ0n) is 26.2. The number of halogens is 3. The van der Waals surface area contributed by atoms with Crippen molar-refractivity contribution in [3.05, 3.63) is 89.9 Å². The Bertz CT molecular complexity index is 2160. The number of anilines is 1. The Kier molecular flexibility index (Phi) is 7.88. The maximum atomic E-state index is 15.5. The molecule has 0 unspecified atom stereocenters. The molecule has 0 saturated carbocycles. The number of nitrogens with zero attached hydrogens (tertiary/aromatic N) is 5. The van der Waals surface area contributed by atoms with Gasteiger partial charge < -0.3 is 15.4 Å². The summed E-state index contributed by atoms with van der Waals surface area (Å²) >= 11 is 13.6. The van der Waals surface area contributed by atoms with Gasteiger partial charge in [-0.2, -0.15) is 5.10 Å². The number of likely N-dealkylation sites (tertiary alicyclic amines) is 1. The molecule has 0 bridgehead atoms. The molecule has 2 saturated heterocycles. The molecule has 2 N–H and O–H groups in total. The molecule has 3 aliphatic rings. The molecule has 2 aromatic heterocycles. The minimum Gasteiger partial charge on any atom is -0.481 e. The Hall–Kier alpha value is -4.59. The summed E-state index contributed by atoms with van der Waals surface area (Å²) < 4.78 is 22.9. The first kappa shape index (κ1) is 32.0. The van der Waals surface area contributed by atoms with Gasteiger partial charge >= 0.3 is 5.69 Å². The molecule has 0 radical (unpaired) electrons. The molecular formula is C33H30Cl2FN7O5. The van der Waals surface area contributed by atoms with Gasteiger partial charge in [-0.05, 0) is 43.0 Å². The first-order valence-electron chi connectivity index (χ1n) is 15.3. The number of fused-ring (bicyclic) bond motifs is 1. The Morgan fingerprint density at radius 2 is 1.83 bits per heavy atom. The van der Waals surface area contributed by atoms with Crippen molar-refractivity contribution in [2.75, 3.05) is 25.5 Å². The van der Waals surface area contributed by atoms with Crippen molar-refractivity contribution < 1.29 is 18.7 Å². The minimum atomic E-state index is -0.931. The molecule has 2 aromatic carbocycles. The second-order valence-electron chi connectivity index (χ2n) is 12.4. The zero-order chi connectivity index (χ0) is 34.1. The molecule has 248 valence electrons. The summed E-state index contributed by atoms with van der Waals surface area (Å²) in [5.41, 5.74) is 1.08. The first-order valence-corrected chi connectivity index (χ1v) is 16.0. The predicted molar refractivity (Wildman–Crippen MR) is 177 cm³/mol. The SMILES string of the molecule is COc1nc(-c2cccc(-c3c(F)ccc(NC(=O)c4nn(C)c(=O)n(C)c4=O)c3Cl)c2Cl)cc2c1[C@@H](N1CC3(CCC(=O)N3)C1)CC2. The van der Waals surface area contributed by atoms with Crippen molar-refractivity contribution in [1.82, 2.24) is 29.5 Å². The van der Waals surface area contributed by atoms with Crippen molar-refractivity contribution >= 4 is 40.7 Å². The average molecular weight is 695 g/mol. The van der Waals surface area contributed by atoms with Gasteiger partial charge in [0.05, 0.1) is 34.1 Å². The largest absolute Gasteiger partial charge is 0.481 e. The van der Waals surface area contributed by atoms with E-state index in [-0.39, 0.29) is 44.3 Å². The highest BCUT2D eigenvalue weighted by Gasteiger charge is 2.51. The van der Waals surface area contributed by atoms with Crippen molar-refractivity contribution in [2.45, 2.75) is 37.3 Å². The second kappa shape index (κ2) is 11.8. The monoisotopic (exact) mass is 693 g/mol. The van der Waals surface area contributed by atoms with E-state index in [2.05, 4.69) is 20.6 Å². The molecule has 4 heterocycles. The number of rotatable bonds is 6. The number of carbonyl (C=O) groups excluding carboxylic acids is 2. The number of ether oxygens (including phenoxy) is 1. The molecule has 2 fully saturated rings. The van der Waals surface area contributed by atoms with Crippen LogP contribution >= 0.6 is 23.2 Å². The van der Waals surface area contributed by atoms with Gasteiger partial charge in [0.2, 0.25) is 17.5 Å². The molecule has 12 nitrogen and oxygen atoms in total. The Labute approximate surface area is 283 Å². The van der Waals surface area contributed by atoms with Crippen LogP contribution in [0.1, 0.15) is 46.9 Å². The molecule has 1 aliphatic carbocycles. The molecule has 2 aliphatic heterocycles. The number of carbonyl (C=O) groups is 2. The molecule has 1 atom stereocenters. The summed E-state index contributed by atoms with van der Waals surface area (Å²) in [6, 6.07) is 9.55. The average Bonchev–Trinajstić information content (AvgIpc) is 3.66. The van der Waals surface area contributed by atoms with Crippen molar-refractivity contribution in [2.24, 2.45) is 14.1 Å². The topological polar surface area (TPSA) is 140 Å². The van der Waals surface area contributed by atoms with E-state index in [1.165, 1.54) is 20.2 Å². The third-order valence-corrected chi connectivity index (χ3v) is 10.2. The Morgan fingerprint density at radius 3 is 2.54 bits per heavy atom. The van der Waals surface area contributed by atoms with Crippen LogP contribution in [0.3, 0.4) is 0 Å². The highest BCUT2D eigenvalue weighted by atomic mass is 35.5. The van der Waals surface area contributed by atoms with Crippen LogP contribution in [-0.2, 0) is 25.3 Å². The summed E-state index contributed by atoms with van der Waals surface area (Å²) in [7, 11) is 4.10. The van der Waals surface area contributed by atoms with E-state index in [0.29, 0.717) is 23.6 Å². The summed E-state index contributed by atoms with van der Waals surface area (Å²) in [6.07, 6.45) is 3.09. The van der Waals surface area contributed by atoms with Gasteiger partial charge in [-0.15, -0.1) is 0 Å². The van der Waals surface area contributed by atoms with Gasteiger partial charge in [0.25, 0.3) is 11.5 Å². The number of aromatic nitrogens is 4. The van der Waals surface area contributed by atoms with Gasteiger partial charge in [0, 0.05) is 61.9 Å². The van der Waals surface area contributed by atoms with Gasteiger partial charge in [-0.25, -0.2) is 18.9 Å². The van der Waals surface area contributed by atoms with Gasteiger partial charge in [-0.1, -0.05) is 41.4 Å². The molecule has 48 heavy (non-hydrogen) atoms. The summed E-state index contributed by atoms with van der Waals surface area (Å²) in [6.45, 7) is 1.57. The molecular weight excluding hydrogens is 664 g/mol. The standard InChI is InChI=1S/C33H30Cl2FN7O5/c1-41-31(46)28(40-42(2)32(41)47)29(45)37-20-9-8-19(36)25(27(20)35)18-6-4-5-17(26(18)34)21-13-16-7-10-22(24(16)30(38-21)48-3)43-14-33(15-43)12-11-23(44)39-33/h4-6,8-9,13,22H,7,10-12,14-15H2,1-3H3,(H,37,45)(H,39,44)/t22-/m0/s1. The number of nitrogens with one attached hydrogen (secondary N) is 2. The predicted octanol–water partition coefficient (Wildman–Crippen LogP) is 3.87. The Morgan fingerprint density at radius 1 is 1.08 bits per heavy atom. The van der Waals surface area contributed by atoms with Crippen LogP contribution in [0, 0.1) is 5.82 Å². The van der Waals surface area contributed by atoms with Gasteiger partial charge in [0.15, 0.2) is 0 Å². The number of hydrogen-bond donors (Lipinski definition) is 2. The van der Waals surface area contributed by atoms with Crippen molar-refractivity contribution in [3.63, 3.8) is 0 Å². The maximum absolute atomic E-state index is 15.5. The van der Waals surface area contributed by atoms with E-state index < -0.39 is 28.7 Å². The number of hydrogen-bond acceptors (Lipinski definition) is 8. The van der Waals surface area contributed by atoms with Crippen LogP contribution in [-0.4, -0.2) is 61.8 Å². The summed E-state index contributed by atoms with van der Waals surface area (Å²) in [4.78, 5) is 56.6. The van der Waals surface area contributed by atoms with E-state index in [0.717, 1.165) is 58.8 Å². The van der Waals surface area contributed by atoms with Crippen LogP contribution < -0.4 is 26.6 Å². The lowest BCUT2D eigenvalue weighted by molar-refractivity contribution is -0.121. The van der Waals surface area contributed by atoms with E-state index in [1.54, 1.807) is 25.3 Å². The number of pyridine rings is 1. The van der Waals surface area contributed by atoms with Crippen LogP contribution in [0.25, 0.3) is 22.4 Å². The van der Waals surface area contributed by atoms with Crippen LogP contribution in [0.15, 0.2) is 46.0 Å². The fourth-order valence-corrected chi connectivity index (χ4v) is 7.66. The fourth-order valence-electron chi connectivity index (χ4n) is 7.04. The van der Waals surface area contributed by atoms with Crippen LogP contribution in [0.5, 0.6) is 5.88 Å². The lowest BCUT2D eigenvalue weighted by Crippen LogP contribution is -2.67. The first-order chi connectivity index (χ1) is 22.9. The van der Waals surface area contributed by atoms with Crippen LogP contribution in [0.4, 0.5) is 10.1 Å². The van der Waals surface area contributed by atoms with Crippen LogP contribution in [0.2, 0.25) is 10.0 Å². The van der Waals surface area contributed by atoms with E-state index in [1.807, 2.05) is 6.07 Å². The summed E-state index contributed by atoms with van der Waals surface area (Å²) in [5, 5.41) is 9.45. The fraction of sp³-hybridized carbons (Fsp3) is 0.333. The second-order valence-corrected chi connectivity index (χ2v) is 13.2. The summed E-state index contributed by atoms with van der Waals surface area (Å²) in [5.74, 6) is -1.04. The van der Waals surface area contributed by atoms with Crippen molar-refractivity contribution in [1.29, 1.82) is 0 Å². The smallest absolute Gasteiger partial charge is 0.346 e. The maximum Gasteiger partial charge on any atom is 0.346 e. The minimum absolute atomic E-state index is 0.00514. The molecule has 7 rings (SSSR count). The van der Waals surface area contributed by atoms with Gasteiger partial charge in [-0.3, -0.25) is 23.9 Å². The highest BCUT2D eigenvalue weighted by Crippen LogP contribution is 2.48. The normalized spacial score (nSPS) is 18.0. The zero-order valence-corrected chi connectivity index (χ0v) is 27.7. The third kappa shape index (κ3) is 5.17. The molecule has 1 spiro atoms.